The number of sulfone groups is 1. The van der Waals surface area contributed by atoms with Gasteiger partial charge in [0.05, 0.1) is 15.6 Å². The van der Waals surface area contributed by atoms with Gasteiger partial charge < -0.3 is 16.2 Å². The molecule has 0 aliphatic heterocycles. The maximum Gasteiger partial charge on any atom is 0.377 e. The standard InChI is InChI=1S/C23H22ClF3N4O4S/c1-31-20(28)18(21(32)29-14-7-8-17(25)16(24)11-14)19(30-31)13-9-10-22(33,12-13)23(26,27)36(34,35)15-5-3-2-4-6-15/h2-8,11,13,33H,9-10,12,28H2,1H3,(H,29,32). The summed E-state index contributed by atoms with van der Waals surface area (Å²) in [7, 11) is -3.78. The van der Waals surface area contributed by atoms with Crippen molar-refractivity contribution in [1.29, 1.82) is 0 Å². The lowest BCUT2D eigenvalue weighted by Gasteiger charge is -2.32. The number of aliphatic hydroxyl groups is 1. The van der Waals surface area contributed by atoms with E-state index in [-0.39, 0.29) is 34.2 Å². The molecular weight excluding hydrogens is 521 g/mol. The number of halogens is 4. The highest BCUT2D eigenvalue weighted by Gasteiger charge is 2.65. The highest BCUT2D eigenvalue weighted by Crippen LogP contribution is 2.52. The van der Waals surface area contributed by atoms with Crippen molar-refractivity contribution in [3.05, 3.63) is 70.6 Å². The van der Waals surface area contributed by atoms with Crippen molar-refractivity contribution in [2.45, 2.75) is 40.9 Å². The number of amides is 1. The zero-order valence-electron chi connectivity index (χ0n) is 18.9. The van der Waals surface area contributed by atoms with Crippen molar-refractivity contribution in [3.8, 4) is 0 Å². The molecule has 3 aromatic rings. The van der Waals surface area contributed by atoms with Crippen LogP contribution in [0.2, 0.25) is 5.02 Å². The number of alkyl halides is 2. The van der Waals surface area contributed by atoms with Crippen molar-refractivity contribution in [1.82, 2.24) is 9.78 Å². The number of benzene rings is 2. The number of hydrogen-bond donors (Lipinski definition) is 3. The number of nitrogens with zero attached hydrogens (tertiary/aromatic N) is 2. The number of nitrogens with one attached hydrogen (secondary N) is 1. The predicted octanol–water partition coefficient (Wildman–Crippen LogP) is 4.11. The van der Waals surface area contributed by atoms with Gasteiger partial charge in [-0.3, -0.25) is 9.48 Å². The van der Waals surface area contributed by atoms with Gasteiger partial charge in [-0.2, -0.15) is 13.9 Å². The minimum Gasteiger partial charge on any atom is -0.383 e. The number of carbonyl (C=O) groups is 1. The lowest BCUT2D eigenvalue weighted by molar-refractivity contribution is -0.122. The van der Waals surface area contributed by atoms with Crippen LogP contribution >= 0.6 is 11.6 Å². The van der Waals surface area contributed by atoms with Crippen LogP contribution in [0.4, 0.5) is 24.7 Å². The number of carbonyl (C=O) groups excluding carboxylic acids is 1. The van der Waals surface area contributed by atoms with Crippen LogP contribution < -0.4 is 11.1 Å². The Labute approximate surface area is 209 Å². The summed E-state index contributed by atoms with van der Waals surface area (Å²) in [6.45, 7) is 0. The molecule has 192 valence electrons. The number of anilines is 2. The van der Waals surface area contributed by atoms with E-state index in [0.29, 0.717) is 0 Å². The second-order valence-electron chi connectivity index (χ2n) is 8.66. The Kier molecular flexibility index (Phi) is 6.56. The molecule has 1 saturated carbocycles. The van der Waals surface area contributed by atoms with Gasteiger partial charge in [0.25, 0.3) is 5.91 Å². The Hall–Kier alpha value is -3.09. The van der Waals surface area contributed by atoms with Gasteiger partial charge in [-0.25, -0.2) is 12.8 Å². The first-order valence-electron chi connectivity index (χ1n) is 10.8. The Morgan fingerprint density at radius 1 is 1.28 bits per heavy atom. The molecule has 2 unspecified atom stereocenters. The maximum absolute atomic E-state index is 15.4. The maximum atomic E-state index is 15.4. The van der Waals surface area contributed by atoms with Gasteiger partial charge in [-0.1, -0.05) is 29.8 Å². The van der Waals surface area contributed by atoms with Crippen molar-refractivity contribution >= 4 is 38.9 Å². The largest absolute Gasteiger partial charge is 0.383 e. The van der Waals surface area contributed by atoms with E-state index >= 15 is 8.78 Å². The van der Waals surface area contributed by atoms with E-state index < -0.39 is 56.1 Å². The third-order valence-corrected chi connectivity index (χ3v) is 8.57. The highest BCUT2D eigenvalue weighted by atomic mass is 35.5. The summed E-state index contributed by atoms with van der Waals surface area (Å²) in [5.41, 5.74) is 3.18. The van der Waals surface area contributed by atoms with E-state index in [4.69, 9.17) is 17.3 Å². The van der Waals surface area contributed by atoms with Gasteiger partial charge in [0.1, 0.15) is 22.8 Å². The third kappa shape index (κ3) is 4.22. The molecule has 1 heterocycles. The molecule has 4 N–H and O–H groups in total. The number of nitrogen functional groups attached to an aromatic ring is 1. The fourth-order valence-corrected chi connectivity index (χ4v) is 6.04. The molecule has 8 nitrogen and oxygen atoms in total. The molecule has 1 aliphatic rings. The zero-order chi connectivity index (χ0) is 26.5. The molecule has 1 amide bonds. The highest BCUT2D eigenvalue weighted by molar-refractivity contribution is 7.92. The Morgan fingerprint density at radius 3 is 2.58 bits per heavy atom. The summed E-state index contributed by atoms with van der Waals surface area (Å²) in [6, 6.07) is 9.66. The van der Waals surface area contributed by atoms with Gasteiger partial charge >= 0.3 is 5.25 Å². The molecule has 0 radical (unpaired) electrons. The molecule has 0 spiro atoms. The number of aryl methyl sites for hydroxylation is 1. The zero-order valence-corrected chi connectivity index (χ0v) is 20.5. The van der Waals surface area contributed by atoms with Crippen molar-refractivity contribution in [3.63, 3.8) is 0 Å². The SMILES string of the molecule is Cn1nc(C2CCC(O)(C(F)(F)S(=O)(=O)c3ccccc3)C2)c(C(=O)Nc2ccc(F)c(Cl)c2)c1N. The number of aromatic nitrogens is 2. The first-order chi connectivity index (χ1) is 16.8. The molecule has 13 heteroatoms. The quantitative estimate of drug-likeness (QED) is 0.430. The Morgan fingerprint density at radius 2 is 1.94 bits per heavy atom. The average molecular weight is 543 g/mol. The summed E-state index contributed by atoms with van der Waals surface area (Å²) >= 11 is 5.75. The summed E-state index contributed by atoms with van der Waals surface area (Å²) in [6.07, 6.45) is -1.30. The third-order valence-electron chi connectivity index (χ3n) is 6.33. The molecule has 2 atom stereocenters. The van der Waals surface area contributed by atoms with E-state index in [1.54, 1.807) is 0 Å². The monoisotopic (exact) mass is 542 g/mol. The number of hydrogen-bond acceptors (Lipinski definition) is 6. The van der Waals surface area contributed by atoms with Gasteiger partial charge in [-0.15, -0.1) is 0 Å². The molecule has 0 saturated heterocycles. The van der Waals surface area contributed by atoms with Crippen LogP contribution in [0.5, 0.6) is 0 Å². The second-order valence-corrected chi connectivity index (χ2v) is 11.1. The van der Waals surface area contributed by atoms with E-state index in [1.165, 1.54) is 42.1 Å². The van der Waals surface area contributed by atoms with Crippen LogP contribution in [0.1, 0.15) is 41.2 Å². The topological polar surface area (TPSA) is 127 Å². The van der Waals surface area contributed by atoms with Crippen molar-refractivity contribution in [2.75, 3.05) is 11.1 Å². The fraction of sp³-hybridized carbons (Fsp3) is 0.304. The van der Waals surface area contributed by atoms with Crippen LogP contribution in [-0.2, 0) is 16.9 Å². The normalized spacial score (nSPS) is 20.4. The van der Waals surface area contributed by atoms with Gasteiger partial charge in [0.2, 0.25) is 9.84 Å². The van der Waals surface area contributed by atoms with E-state index in [1.807, 2.05) is 0 Å². The summed E-state index contributed by atoms with van der Waals surface area (Å²) in [5.74, 6) is -2.41. The van der Waals surface area contributed by atoms with E-state index in [0.717, 1.165) is 18.2 Å². The smallest absolute Gasteiger partial charge is 0.377 e. The summed E-state index contributed by atoms with van der Waals surface area (Å²) in [5, 5.41) is 12.9. The second kappa shape index (κ2) is 9.09. The number of nitrogens with two attached hydrogens (primary N) is 1. The Balaban J connectivity index is 1.64. The van der Waals surface area contributed by atoms with Crippen molar-refractivity contribution in [2.24, 2.45) is 7.05 Å². The number of rotatable bonds is 6. The lowest BCUT2D eigenvalue weighted by atomic mass is 9.96. The molecule has 4 rings (SSSR count). The Bertz CT molecular complexity index is 1430. The van der Waals surface area contributed by atoms with Crippen LogP contribution in [0, 0.1) is 5.82 Å². The van der Waals surface area contributed by atoms with Crippen LogP contribution in [0.15, 0.2) is 53.4 Å². The van der Waals surface area contributed by atoms with Gasteiger partial charge in [0.15, 0.2) is 0 Å². The fourth-order valence-electron chi connectivity index (χ4n) is 4.36. The van der Waals surface area contributed by atoms with Crippen LogP contribution in [0.25, 0.3) is 0 Å². The minimum absolute atomic E-state index is 0.0320. The summed E-state index contributed by atoms with van der Waals surface area (Å²) < 4.78 is 70.8. The van der Waals surface area contributed by atoms with E-state index in [2.05, 4.69) is 10.4 Å². The molecule has 2 aromatic carbocycles. The predicted molar refractivity (Wildman–Crippen MR) is 127 cm³/mol. The molecule has 0 bridgehead atoms. The molecule has 36 heavy (non-hydrogen) atoms. The van der Waals surface area contributed by atoms with E-state index in [9.17, 15) is 22.7 Å². The van der Waals surface area contributed by atoms with Crippen LogP contribution in [-0.4, -0.2) is 40.1 Å². The molecular formula is C23H22ClF3N4O4S. The average Bonchev–Trinajstić information content (AvgIpc) is 3.37. The first-order valence-corrected chi connectivity index (χ1v) is 12.6. The molecule has 1 fully saturated rings. The molecule has 1 aromatic heterocycles. The lowest BCUT2D eigenvalue weighted by Crippen LogP contribution is -2.51. The van der Waals surface area contributed by atoms with Crippen molar-refractivity contribution < 1.29 is 31.5 Å². The first kappa shape index (κ1) is 26.0. The minimum atomic E-state index is -5.22. The van der Waals surface area contributed by atoms with Gasteiger partial charge in [-0.05, 0) is 49.6 Å². The van der Waals surface area contributed by atoms with Crippen LogP contribution in [0.3, 0.4) is 0 Å². The van der Waals surface area contributed by atoms with Gasteiger partial charge in [0, 0.05) is 18.7 Å². The molecule has 1 aliphatic carbocycles. The summed E-state index contributed by atoms with van der Waals surface area (Å²) in [4.78, 5) is 12.4.